The van der Waals surface area contributed by atoms with E-state index in [2.05, 4.69) is 5.32 Å². The van der Waals surface area contributed by atoms with Gasteiger partial charge in [-0.2, -0.15) is 0 Å². The van der Waals surface area contributed by atoms with Crippen molar-refractivity contribution in [2.75, 3.05) is 25.6 Å². The molecule has 110 valence electrons. The van der Waals surface area contributed by atoms with Crippen LogP contribution in [0.1, 0.15) is 15.9 Å². The Morgan fingerprint density at radius 3 is 2.67 bits per heavy atom. The highest BCUT2D eigenvalue weighted by Crippen LogP contribution is 2.20. The predicted octanol–water partition coefficient (Wildman–Crippen LogP) is 3.27. The van der Waals surface area contributed by atoms with Crippen molar-refractivity contribution in [1.29, 1.82) is 0 Å². The van der Waals surface area contributed by atoms with Gasteiger partial charge in [0.2, 0.25) is 0 Å². The highest BCUT2D eigenvalue weighted by atomic mass is 16.5. The van der Waals surface area contributed by atoms with E-state index in [1.807, 2.05) is 43.3 Å². The average molecular weight is 285 g/mol. The van der Waals surface area contributed by atoms with Gasteiger partial charge in [-0.25, -0.2) is 0 Å². The lowest BCUT2D eigenvalue weighted by molar-refractivity contribution is 0.101. The summed E-state index contributed by atoms with van der Waals surface area (Å²) in [5.41, 5.74) is 2.37. The lowest BCUT2D eigenvalue weighted by Crippen LogP contribution is -2.14. The van der Waals surface area contributed by atoms with Crippen LogP contribution in [0.4, 0.5) is 5.69 Å². The van der Waals surface area contributed by atoms with Crippen molar-refractivity contribution in [3.8, 4) is 5.75 Å². The molecule has 1 amide bonds. The Hall–Kier alpha value is -2.33. The number of rotatable bonds is 6. The number of benzene rings is 2. The lowest BCUT2D eigenvalue weighted by Gasteiger charge is -2.11. The van der Waals surface area contributed by atoms with E-state index in [0.29, 0.717) is 24.5 Å². The van der Waals surface area contributed by atoms with Crippen LogP contribution in [0, 0.1) is 6.92 Å². The number of hydrogen-bond acceptors (Lipinski definition) is 3. The first-order chi connectivity index (χ1) is 10.2. The Morgan fingerprint density at radius 1 is 1.10 bits per heavy atom. The molecule has 0 unspecified atom stereocenters. The van der Waals surface area contributed by atoms with Crippen LogP contribution in [0.3, 0.4) is 0 Å². The molecule has 0 heterocycles. The fraction of sp³-hybridized carbons (Fsp3) is 0.235. The summed E-state index contributed by atoms with van der Waals surface area (Å²) < 4.78 is 10.5. The molecule has 0 atom stereocenters. The maximum atomic E-state index is 12.4. The van der Waals surface area contributed by atoms with E-state index in [0.717, 1.165) is 11.3 Å². The number of aryl methyl sites for hydroxylation is 1. The van der Waals surface area contributed by atoms with Gasteiger partial charge in [0.15, 0.2) is 0 Å². The zero-order valence-electron chi connectivity index (χ0n) is 12.3. The minimum absolute atomic E-state index is 0.186. The van der Waals surface area contributed by atoms with Crippen molar-refractivity contribution >= 4 is 11.6 Å². The minimum Gasteiger partial charge on any atom is -0.490 e. The number of hydrogen-bond donors (Lipinski definition) is 1. The van der Waals surface area contributed by atoms with Crippen LogP contribution >= 0.6 is 0 Å². The van der Waals surface area contributed by atoms with Gasteiger partial charge in [0, 0.05) is 12.8 Å². The molecule has 0 saturated carbocycles. The lowest BCUT2D eigenvalue weighted by atomic mass is 10.1. The number of para-hydroxylation sites is 1. The molecule has 1 N–H and O–H groups in total. The molecule has 0 aliphatic heterocycles. The Balaban J connectivity index is 2.11. The third kappa shape index (κ3) is 4.33. The van der Waals surface area contributed by atoms with E-state index < -0.39 is 0 Å². The average Bonchev–Trinajstić information content (AvgIpc) is 2.48. The summed E-state index contributed by atoms with van der Waals surface area (Å²) in [7, 11) is 1.61. The van der Waals surface area contributed by atoms with Crippen molar-refractivity contribution in [2.45, 2.75) is 6.92 Å². The summed E-state index contributed by atoms with van der Waals surface area (Å²) in [5, 5.41) is 2.88. The SMILES string of the molecule is COCCOc1ccccc1C(=O)Nc1cccc(C)c1. The largest absolute Gasteiger partial charge is 0.490 e. The maximum Gasteiger partial charge on any atom is 0.259 e. The Kier molecular flexibility index (Phi) is 5.35. The van der Waals surface area contributed by atoms with Crippen molar-refractivity contribution < 1.29 is 14.3 Å². The predicted molar refractivity (Wildman–Crippen MR) is 82.9 cm³/mol. The van der Waals surface area contributed by atoms with Crippen LogP contribution < -0.4 is 10.1 Å². The first kappa shape index (κ1) is 15.1. The topological polar surface area (TPSA) is 47.6 Å². The van der Waals surface area contributed by atoms with Gasteiger partial charge in [-0.15, -0.1) is 0 Å². The van der Waals surface area contributed by atoms with Crippen LogP contribution in [0.2, 0.25) is 0 Å². The molecule has 0 aliphatic carbocycles. The first-order valence-corrected chi connectivity index (χ1v) is 6.79. The molecule has 0 bridgehead atoms. The number of anilines is 1. The zero-order chi connectivity index (χ0) is 15.1. The molecule has 2 rings (SSSR count). The molecule has 2 aromatic carbocycles. The van der Waals surface area contributed by atoms with Gasteiger partial charge in [-0.3, -0.25) is 4.79 Å². The monoisotopic (exact) mass is 285 g/mol. The van der Waals surface area contributed by atoms with Gasteiger partial charge in [0.05, 0.1) is 12.2 Å². The smallest absolute Gasteiger partial charge is 0.259 e. The van der Waals surface area contributed by atoms with E-state index in [4.69, 9.17) is 9.47 Å². The summed E-state index contributed by atoms with van der Waals surface area (Å²) in [4.78, 5) is 12.4. The number of carbonyl (C=O) groups excluding carboxylic acids is 1. The van der Waals surface area contributed by atoms with Crippen LogP contribution in [0.5, 0.6) is 5.75 Å². The molecule has 4 nitrogen and oxygen atoms in total. The van der Waals surface area contributed by atoms with E-state index in [9.17, 15) is 4.79 Å². The van der Waals surface area contributed by atoms with E-state index >= 15 is 0 Å². The highest BCUT2D eigenvalue weighted by Gasteiger charge is 2.12. The normalized spacial score (nSPS) is 10.2. The van der Waals surface area contributed by atoms with E-state index in [1.54, 1.807) is 19.2 Å². The number of methoxy groups -OCH3 is 1. The first-order valence-electron chi connectivity index (χ1n) is 6.79. The van der Waals surface area contributed by atoms with Crippen molar-refractivity contribution in [3.05, 3.63) is 59.7 Å². The van der Waals surface area contributed by atoms with Crippen LogP contribution in [-0.2, 0) is 4.74 Å². The summed E-state index contributed by atoms with van der Waals surface area (Å²) in [5.74, 6) is 0.369. The molecule has 4 heteroatoms. The fourth-order valence-corrected chi connectivity index (χ4v) is 1.94. The second-order valence-electron chi connectivity index (χ2n) is 4.66. The quantitative estimate of drug-likeness (QED) is 0.829. The van der Waals surface area contributed by atoms with Crippen molar-refractivity contribution in [3.63, 3.8) is 0 Å². The molecular weight excluding hydrogens is 266 g/mol. The number of carbonyl (C=O) groups is 1. The van der Waals surface area contributed by atoms with Crippen molar-refractivity contribution in [1.82, 2.24) is 0 Å². The molecule has 0 aliphatic rings. The Morgan fingerprint density at radius 2 is 1.90 bits per heavy atom. The fourth-order valence-electron chi connectivity index (χ4n) is 1.94. The van der Waals surface area contributed by atoms with E-state index in [-0.39, 0.29) is 5.91 Å². The summed E-state index contributed by atoms with van der Waals surface area (Å²) in [6, 6.07) is 14.9. The van der Waals surface area contributed by atoms with Gasteiger partial charge in [-0.05, 0) is 36.8 Å². The maximum absolute atomic E-state index is 12.4. The summed E-state index contributed by atoms with van der Waals surface area (Å²) >= 11 is 0. The number of amides is 1. The standard InChI is InChI=1S/C17H19NO3/c1-13-6-5-7-14(12-13)18-17(19)15-8-3-4-9-16(15)21-11-10-20-2/h3-9,12H,10-11H2,1-2H3,(H,18,19). The molecule has 2 aromatic rings. The highest BCUT2D eigenvalue weighted by molar-refractivity contribution is 6.06. The third-order valence-corrected chi connectivity index (χ3v) is 2.95. The van der Waals surface area contributed by atoms with Crippen LogP contribution in [0.15, 0.2) is 48.5 Å². The number of ether oxygens (including phenoxy) is 2. The van der Waals surface area contributed by atoms with Gasteiger partial charge in [0.25, 0.3) is 5.91 Å². The molecule has 0 fully saturated rings. The summed E-state index contributed by atoms with van der Waals surface area (Å²) in [6.45, 7) is 2.87. The molecular formula is C17H19NO3. The molecule has 0 aromatic heterocycles. The molecule has 0 saturated heterocycles. The molecule has 0 spiro atoms. The summed E-state index contributed by atoms with van der Waals surface area (Å²) in [6.07, 6.45) is 0. The third-order valence-electron chi connectivity index (χ3n) is 2.95. The van der Waals surface area contributed by atoms with E-state index in [1.165, 1.54) is 0 Å². The van der Waals surface area contributed by atoms with Crippen LogP contribution in [0.25, 0.3) is 0 Å². The van der Waals surface area contributed by atoms with Gasteiger partial charge >= 0.3 is 0 Å². The van der Waals surface area contributed by atoms with Gasteiger partial charge in [-0.1, -0.05) is 24.3 Å². The second kappa shape index (κ2) is 7.45. The zero-order valence-corrected chi connectivity index (χ0v) is 12.3. The number of nitrogens with one attached hydrogen (secondary N) is 1. The van der Waals surface area contributed by atoms with Gasteiger partial charge < -0.3 is 14.8 Å². The Bertz CT molecular complexity index is 610. The van der Waals surface area contributed by atoms with Crippen molar-refractivity contribution in [2.24, 2.45) is 0 Å². The minimum atomic E-state index is -0.186. The molecule has 21 heavy (non-hydrogen) atoms. The molecule has 0 radical (unpaired) electrons. The van der Waals surface area contributed by atoms with Crippen LogP contribution in [-0.4, -0.2) is 26.2 Å². The Labute approximate surface area is 124 Å². The van der Waals surface area contributed by atoms with Gasteiger partial charge in [0.1, 0.15) is 12.4 Å². The second-order valence-corrected chi connectivity index (χ2v) is 4.66.